The van der Waals surface area contributed by atoms with E-state index >= 15 is 0 Å². The van der Waals surface area contributed by atoms with Crippen molar-refractivity contribution in [2.75, 3.05) is 37.9 Å². The highest BCUT2D eigenvalue weighted by Gasteiger charge is 2.08. The van der Waals surface area contributed by atoms with Gasteiger partial charge in [-0.1, -0.05) is 13.3 Å². The van der Waals surface area contributed by atoms with Gasteiger partial charge in [0.2, 0.25) is 0 Å². The fourth-order valence-corrected chi connectivity index (χ4v) is 1.44. The summed E-state index contributed by atoms with van der Waals surface area (Å²) < 4.78 is 0. The molecule has 0 aliphatic heterocycles. The summed E-state index contributed by atoms with van der Waals surface area (Å²) in [4.78, 5) is 19.7. The van der Waals surface area contributed by atoms with Crippen LogP contribution in [0.3, 0.4) is 0 Å². The molecule has 5 nitrogen and oxygen atoms in total. The van der Waals surface area contributed by atoms with Gasteiger partial charge in [0.25, 0.3) is 0 Å². The molecule has 100 valence electrons. The molecule has 1 rings (SSSR count). The Morgan fingerprint density at radius 1 is 1.33 bits per heavy atom. The Morgan fingerprint density at radius 2 is 2.06 bits per heavy atom. The molecule has 0 saturated heterocycles. The fraction of sp³-hybridized carbons (Fsp3) is 0.538. The molecule has 2 amide bonds. The number of aromatic nitrogens is 1. The number of anilines is 2. The first-order chi connectivity index (χ1) is 8.54. The van der Waals surface area contributed by atoms with Crippen LogP contribution in [-0.4, -0.2) is 43.6 Å². The summed E-state index contributed by atoms with van der Waals surface area (Å²) in [6, 6.07) is 3.64. The Labute approximate surface area is 109 Å². The summed E-state index contributed by atoms with van der Waals surface area (Å²) >= 11 is 0. The second-order valence-corrected chi connectivity index (χ2v) is 4.50. The van der Waals surface area contributed by atoms with Crippen LogP contribution in [0.1, 0.15) is 19.8 Å². The standard InChI is InChI=1S/C13H22N4O/c1-5-6-9-17(4)13(18)15-11-7-8-12(14-10-11)16(2)3/h7-8,10H,5-6,9H2,1-4H3,(H,15,18). The summed E-state index contributed by atoms with van der Waals surface area (Å²) in [5.41, 5.74) is 0.717. The van der Waals surface area contributed by atoms with Gasteiger partial charge in [0, 0.05) is 27.7 Å². The lowest BCUT2D eigenvalue weighted by atomic mass is 10.3. The Kier molecular flexibility index (Phi) is 5.42. The Bertz CT molecular complexity index is 375. The molecule has 1 aromatic rings. The van der Waals surface area contributed by atoms with Gasteiger partial charge < -0.3 is 15.1 Å². The van der Waals surface area contributed by atoms with Crippen molar-refractivity contribution < 1.29 is 4.79 Å². The van der Waals surface area contributed by atoms with Gasteiger partial charge >= 0.3 is 6.03 Å². The van der Waals surface area contributed by atoms with Crippen molar-refractivity contribution in [2.24, 2.45) is 0 Å². The predicted octanol–water partition coefficient (Wildman–Crippen LogP) is 2.41. The molecule has 1 aromatic heterocycles. The van der Waals surface area contributed by atoms with E-state index in [1.54, 1.807) is 18.1 Å². The minimum absolute atomic E-state index is 0.0946. The van der Waals surface area contributed by atoms with Gasteiger partial charge in [-0.2, -0.15) is 0 Å². The maximum Gasteiger partial charge on any atom is 0.321 e. The van der Waals surface area contributed by atoms with Crippen molar-refractivity contribution in [3.63, 3.8) is 0 Å². The third kappa shape index (κ3) is 4.24. The molecule has 0 radical (unpaired) electrons. The summed E-state index contributed by atoms with van der Waals surface area (Å²) in [5, 5.41) is 2.82. The number of hydrogen-bond donors (Lipinski definition) is 1. The van der Waals surface area contributed by atoms with Crippen molar-refractivity contribution in [3.8, 4) is 0 Å². The lowest BCUT2D eigenvalue weighted by Crippen LogP contribution is -2.32. The van der Waals surface area contributed by atoms with Crippen LogP contribution >= 0.6 is 0 Å². The smallest absolute Gasteiger partial charge is 0.321 e. The van der Waals surface area contributed by atoms with E-state index in [-0.39, 0.29) is 6.03 Å². The first-order valence-corrected chi connectivity index (χ1v) is 6.20. The molecule has 0 aromatic carbocycles. The van der Waals surface area contributed by atoms with E-state index < -0.39 is 0 Å². The zero-order valence-electron chi connectivity index (χ0n) is 11.6. The molecule has 0 atom stereocenters. The maximum absolute atomic E-state index is 11.8. The molecule has 0 saturated carbocycles. The summed E-state index contributed by atoms with van der Waals surface area (Å²) in [6.45, 7) is 2.88. The summed E-state index contributed by atoms with van der Waals surface area (Å²) in [5.74, 6) is 0.868. The van der Waals surface area contributed by atoms with Crippen molar-refractivity contribution in [2.45, 2.75) is 19.8 Å². The van der Waals surface area contributed by atoms with Gasteiger partial charge in [-0.15, -0.1) is 0 Å². The molecule has 0 aliphatic carbocycles. The SMILES string of the molecule is CCCCN(C)C(=O)Nc1ccc(N(C)C)nc1. The lowest BCUT2D eigenvalue weighted by molar-refractivity contribution is 0.222. The number of carbonyl (C=O) groups is 1. The molecule has 0 bridgehead atoms. The van der Waals surface area contributed by atoms with E-state index in [9.17, 15) is 4.79 Å². The number of amides is 2. The molecular formula is C13H22N4O. The normalized spacial score (nSPS) is 10.0. The average Bonchev–Trinajstić information content (AvgIpc) is 2.36. The molecule has 1 heterocycles. The van der Waals surface area contributed by atoms with Crippen molar-refractivity contribution >= 4 is 17.5 Å². The predicted molar refractivity (Wildman–Crippen MR) is 75.1 cm³/mol. The highest BCUT2D eigenvalue weighted by Crippen LogP contribution is 2.12. The van der Waals surface area contributed by atoms with Crippen LogP contribution in [0.2, 0.25) is 0 Å². The number of nitrogens with zero attached hydrogens (tertiary/aromatic N) is 3. The zero-order valence-corrected chi connectivity index (χ0v) is 11.6. The number of pyridine rings is 1. The lowest BCUT2D eigenvalue weighted by Gasteiger charge is -2.18. The number of urea groups is 1. The number of hydrogen-bond acceptors (Lipinski definition) is 3. The molecule has 5 heteroatoms. The number of carbonyl (C=O) groups excluding carboxylic acids is 1. The highest BCUT2D eigenvalue weighted by atomic mass is 16.2. The quantitative estimate of drug-likeness (QED) is 0.873. The Balaban J connectivity index is 2.53. The van der Waals surface area contributed by atoms with Crippen LogP contribution in [0.25, 0.3) is 0 Å². The number of rotatable bonds is 5. The van der Waals surface area contributed by atoms with Gasteiger partial charge in [-0.3, -0.25) is 0 Å². The number of unbranched alkanes of at least 4 members (excludes halogenated alkanes) is 1. The second-order valence-electron chi connectivity index (χ2n) is 4.50. The van der Waals surface area contributed by atoms with Crippen LogP contribution in [0.15, 0.2) is 18.3 Å². The Hall–Kier alpha value is -1.78. The first kappa shape index (κ1) is 14.3. The van der Waals surface area contributed by atoms with E-state index in [0.29, 0.717) is 5.69 Å². The molecule has 0 spiro atoms. The third-order valence-electron chi connectivity index (χ3n) is 2.65. The van der Waals surface area contributed by atoms with Crippen LogP contribution in [-0.2, 0) is 0 Å². The monoisotopic (exact) mass is 250 g/mol. The van der Waals surface area contributed by atoms with Crippen LogP contribution in [0.4, 0.5) is 16.3 Å². The first-order valence-electron chi connectivity index (χ1n) is 6.20. The highest BCUT2D eigenvalue weighted by molar-refractivity contribution is 5.89. The van der Waals surface area contributed by atoms with Crippen LogP contribution in [0.5, 0.6) is 0 Å². The molecule has 18 heavy (non-hydrogen) atoms. The van der Waals surface area contributed by atoms with E-state index in [2.05, 4.69) is 17.2 Å². The zero-order chi connectivity index (χ0) is 13.5. The minimum Gasteiger partial charge on any atom is -0.363 e. The van der Waals surface area contributed by atoms with E-state index in [1.165, 1.54) is 0 Å². The van der Waals surface area contributed by atoms with Crippen LogP contribution in [0, 0.1) is 0 Å². The van der Waals surface area contributed by atoms with E-state index in [4.69, 9.17) is 0 Å². The summed E-state index contributed by atoms with van der Waals surface area (Å²) in [6.07, 6.45) is 3.76. The molecule has 0 aliphatic rings. The summed E-state index contributed by atoms with van der Waals surface area (Å²) in [7, 11) is 5.66. The molecule has 1 N–H and O–H groups in total. The second kappa shape index (κ2) is 6.83. The van der Waals surface area contributed by atoms with E-state index in [1.807, 2.05) is 31.1 Å². The molecular weight excluding hydrogens is 228 g/mol. The number of nitrogens with one attached hydrogen (secondary N) is 1. The fourth-order valence-electron chi connectivity index (χ4n) is 1.44. The largest absolute Gasteiger partial charge is 0.363 e. The van der Waals surface area contributed by atoms with Crippen molar-refractivity contribution in [1.29, 1.82) is 0 Å². The van der Waals surface area contributed by atoms with E-state index in [0.717, 1.165) is 25.2 Å². The molecule has 0 fully saturated rings. The van der Waals surface area contributed by atoms with Crippen molar-refractivity contribution in [3.05, 3.63) is 18.3 Å². The van der Waals surface area contributed by atoms with Gasteiger partial charge in [-0.05, 0) is 18.6 Å². The van der Waals surface area contributed by atoms with Gasteiger partial charge in [0.05, 0.1) is 11.9 Å². The topological polar surface area (TPSA) is 48.5 Å². The van der Waals surface area contributed by atoms with Crippen LogP contribution < -0.4 is 10.2 Å². The average molecular weight is 250 g/mol. The maximum atomic E-state index is 11.8. The minimum atomic E-state index is -0.0946. The van der Waals surface area contributed by atoms with Gasteiger partial charge in [-0.25, -0.2) is 9.78 Å². The van der Waals surface area contributed by atoms with Gasteiger partial charge in [0.15, 0.2) is 0 Å². The third-order valence-corrected chi connectivity index (χ3v) is 2.65. The molecule has 0 unspecified atom stereocenters. The van der Waals surface area contributed by atoms with Crippen molar-refractivity contribution in [1.82, 2.24) is 9.88 Å². The Morgan fingerprint density at radius 3 is 2.56 bits per heavy atom. The van der Waals surface area contributed by atoms with Gasteiger partial charge in [0.1, 0.15) is 5.82 Å².